The van der Waals surface area contributed by atoms with E-state index in [0.717, 1.165) is 5.56 Å². The third-order valence-electron chi connectivity index (χ3n) is 1.94. The molecule has 2 N–H and O–H groups in total. The van der Waals surface area contributed by atoms with Gasteiger partial charge in [-0.3, -0.25) is 0 Å². The van der Waals surface area contributed by atoms with E-state index in [2.05, 4.69) is 6.92 Å². The summed E-state index contributed by atoms with van der Waals surface area (Å²) < 4.78 is 0. The fraction of sp³-hybridized carbons (Fsp3) is 0.300. The molecule has 0 amide bonds. The lowest BCUT2D eigenvalue weighted by molar-refractivity contribution is 0.278. The molecule has 1 radical (unpaired) electrons. The number of hydrogen-bond acceptors (Lipinski definition) is 2. The summed E-state index contributed by atoms with van der Waals surface area (Å²) in [5.41, 5.74) is 1.44. The summed E-state index contributed by atoms with van der Waals surface area (Å²) in [5.74, 6) is -0.237. The Morgan fingerprint density at radius 3 is 2.62 bits per heavy atom. The Morgan fingerprint density at radius 2 is 2.08 bits per heavy atom. The van der Waals surface area contributed by atoms with Gasteiger partial charge in [-0.05, 0) is 18.1 Å². The maximum absolute atomic E-state index is 8.93. The van der Waals surface area contributed by atoms with Crippen LogP contribution in [-0.4, -0.2) is 16.8 Å². The number of aliphatic hydroxyl groups is 2. The van der Waals surface area contributed by atoms with E-state index in [1.54, 1.807) is 18.2 Å². The predicted octanol–water partition coefficient (Wildman–Crippen LogP) is 1.74. The van der Waals surface area contributed by atoms with E-state index in [-0.39, 0.29) is 19.1 Å². The van der Waals surface area contributed by atoms with Crippen molar-refractivity contribution in [3.8, 4) is 0 Å². The van der Waals surface area contributed by atoms with Gasteiger partial charge in [-0.1, -0.05) is 29.8 Å². The van der Waals surface area contributed by atoms with Crippen molar-refractivity contribution >= 4 is 11.6 Å². The van der Waals surface area contributed by atoms with Crippen LogP contribution >= 0.6 is 11.6 Å². The second-order valence-corrected chi connectivity index (χ2v) is 3.24. The number of hydrogen-bond donors (Lipinski definition) is 2. The topological polar surface area (TPSA) is 40.5 Å². The van der Waals surface area contributed by atoms with Crippen LogP contribution in [0.15, 0.2) is 18.2 Å². The third-order valence-corrected chi connectivity index (χ3v) is 2.40. The van der Waals surface area contributed by atoms with E-state index in [4.69, 9.17) is 21.8 Å². The summed E-state index contributed by atoms with van der Waals surface area (Å²) in [5, 5.41) is 18.3. The van der Waals surface area contributed by atoms with E-state index in [1.165, 1.54) is 0 Å². The highest BCUT2D eigenvalue weighted by Gasteiger charge is 2.10. The van der Waals surface area contributed by atoms with Crippen LogP contribution in [0.2, 0.25) is 5.02 Å². The van der Waals surface area contributed by atoms with Gasteiger partial charge in [0.2, 0.25) is 0 Å². The first kappa shape index (κ1) is 10.5. The molecule has 0 aliphatic carbocycles. The molecule has 71 valence electrons. The highest BCUT2D eigenvalue weighted by molar-refractivity contribution is 6.32. The van der Waals surface area contributed by atoms with Crippen molar-refractivity contribution in [3.63, 3.8) is 0 Å². The molecular weight excluding hydrogens is 188 g/mol. The van der Waals surface area contributed by atoms with Gasteiger partial charge in [0.1, 0.15) is 0 Å². The summed E-state index contributed by atoms with van der Waals surface area (Å²) in [6.07, 6.45) is 0. The molecule has 0 aromatic heterocycles. The smallest absolute Gasteiger partial charge is 0.0696 e. The third kappa shape index (κ3) is 2.21. The lowest BCUT2D eigenvalue weighted by Gasteiger charge is -2.12. The quantitative estimate of drug-likeness (QED) is 0.779. The van der Waals surface area contributed by atoms with Crippen LogP contribution in [0.1, 0.15) is 17.0 Å². The molecule has 0 spiro atoms. The lowest BCUT2D eigenvalue weighted by Crippen LogP contribution is -2.01. The Bertz CT molecular complexity index is 286. The Kier molecular flexibility index (Phi) is 3.72. The van der Waals surface area contributed by atoms with Crippen molar-refractivity contribution < 1.29 is 10.2 Å². The molecule has 1 unspecified atom stereocenters. The largest absolute Gasteiger partial charge is 0.396 e. The summed E-state index contributed by atoms with van der Waals surface area (Å²) in [4.78, 5) is 0. The second kappa shape index (κ2) is 4.61. The fourth-order valence-electron chi connectivity index (χ4n) is 1.14. The van der Waals surface area contributed by atoms with Gasteiger partial charge in [0.25, 0.3) is 0 Å². The van der Waals surface area contributed by atoms with Crippen LogP contribution in [0.25, 0.3) is 0 Å². The second-order valence-electron chi connectivity index (χ2n) is 2.86. The first-order valence-corrected chi connectivity index (χ1v) is 4.40. The van der Waals surface area contributed by atoms with Crippen molar-refractivity contribution in [2.45, 2.75) is 12.5 Å². The molecule has 0 saturated carbocycles. The highest BCUT2D eigenvalue weighted by Crippen LogP contribution is 2.27. The van der Waals surface area contributed by atoms with E-state index >= 15 is 0 Å². The van der Waals surface area contributed by atoms with Crippen molar-refractivity contribution in [1.29, 1.82) is 0 Å². The van der Waals surface area contributed by atoms with Crippen LogP contribution < -0.4 is 0 Å². The summed E-state index contributed by atoms with van der Waals surface area (Å²) in [6.45, 7) is 3.61. The number of benzene rings is 1. The average Bonchev–Trinajstić information content (AvgIpc) is 2.17. The summed E-state index contributed by atoms with van der Waals surface area (Å²) in [6, 6.07) is 5.34. The molecule has 0 saturated heterocycles. The molecule has 0 fully saturated rings. The minimum atomic E-state index is -0.237. The monoisotopic (exact) mass is 199 g/mol. The van der Waals surface area contributed by atoms with Gasteiger partial charge in [-0.25, -0.2) is 0 Å². The van der Waals surface area contributed by atoms with E-state index in [0.29, 0.717) is 10.6 Å². The molecule has 0 heterocycles. The highest BCUT2D eigenvalue weighted by atomic mass is 35.5. The number of rotatable bonds is 3. The molecule has 0 aliphatic rings. The summed E-state index contributed by atoms with van der Waals surface area (Å²) in [7, 11) is 0. The van der Waals surface area contributed by atoms with Gasteiger partial charge in [-0.15, -0.1) is 0 Å². The van der Waals surface area contributed by atoms with Crippen LogP contribution in [-0.2, 0) is 6.61 Å². The van der Waals surface area contributed by atoms with Crippen LogP contribution in [0.4, 0.5) is 0 Å². The van der Waals surface area contributed by atoms with Crippen LogP contribution in [0.3, 0.4) is 0 Å². The number of halogens is 1. The van der Waals surface area contributed by atoms with E-state index in [1.807, 2.05) is 0 Å². The molecule has 3 heteroatoms. The normalized spacial score (nSPS) is 12.9. The first-order chi connectivity index (χ1) is 6.20. The molecule has 1 atom stereocenters. The zero-order valence-electron chi connectivity index (χ0n) is 7.20. The van der Waals surface area contributed by atoms with Gasteiger partial charge >= 0.3 is 0 Å². The van der Waals surface area contributed by atoms with Gasteiger partial charge < -0.3 is 10.2 Å². The molecule has 1 rings (SSSR count). The molecule has 0 bridgehead atoms. The Labute approximate surface area is 82.8 Å². The van der Waals surface area contributed by atoms with Crippen molar-refractivity contribution in [1.82, 2.24) is 0 Å². The Hall–Kier alpha value is -0.570. The number of aliphatic hydroxyl groups excluding tert-OH is 2. The van der Waals surface area contributed by atoms with Crippen molar-refractivity contribution in [2.75, 3.05) is 6.61 Å². The standard InChI is InChI=1S/C10H12ClO2/c1-7(5-12)9-4-2-3-8(6-13)10(9)11/h2-4,7,12-13H,1,5-6H2. The van der Waals surface area contributed by atoms with Crippen LogP contribution in [0, 0.1) is 6.92 Å². The first-order valence-electron chi connectivity index (χ1n) is 4.02. The van der Waals surface area contributed by atoms with Crippen LogP contribution in [0.5, 0.6) is 0 Å². The lowest BCUT2D eigenvalue weighted by atomic mass is 10.00. The van der Waals surface area contributed by atoms with Gasteiger partial charge in [-0.2, -0.15) is 0 Å². The molecular formula is C10H12ClO2. The van der Waals surface area contributed by atoms with Crippen molar-refractivity contribution in [3.05, 3.63) is 41.3 Å². The molecule has 13 heavy (non-hydrogen) atoms. The van der Waals surface area contributed by atoms with E-state index < -0.39 is 0 Å². The zero-order valence-corrected chi connectivity index (χ0v) is 7.96. The zero-order chi connectivity index (χ0) is 9.84. The molecule has 1 aromatic rings. The molecule has 1 aromatic carbocycles. The predicted molar refractivity (Wildman–Crippen MR) is 52.6 cm³/mol. The van der Waals surface area contributed by atoms with E-state index in [9.17, 15) is 0 Å². The molecule has 0 aliphatic heterocycles. The Morgan fingerprint density at radius 1 is 1.38 bits per heavy atom. The van der Waals surface area contributed by atoms with Gasteiger partial charge in [0.05, 0.1) is 6.61 Å². The van der Waals surface area contributed by atoms with Crippen molar-refractivity contribution in [2.24, 2.45) is 0 Å². The Balaban J connectivity index is 3.08. The fourth-order valence-corrected chi connectivity index (χ4v) is 1.48. The maximum atomic E-state index is 8.93. The molecule has 2 nitrogen and oxygen atoms in total. The maximum Gasteiger partial charge on any atom is 0.0696 e. The van der Waals surface area contributed by atoms with Gasteiger partial charge in [0, 0.05) is 17.5 Å². The average molecular weight is 200 g/mol. The van der Waals surface area contributed by atoms with Gasteiger partial charge in [0.15, 0.2) is 0 Å². The SMILES string of the molecule is [CH2]C(CO)c1cccc(CO)c1Cl. The summed E-state index contributed by atoms with van der Waals surface area (Å²) >= 11 is 5.97. The minimum Gasteiger partial charge on any atom is -0.396 e. The minimum absolute atomic E-state index is 0.0470.